The summed E-state index contributed by atoms with van der Waals surface area (Å²) in [5.41, 5.74) is 5.88. The summed E-state index contributed by atoms with van der Waals surface area (Å²) in [5, 5.41) is 0. The third-order valence-corrected chi connectivity index (χ3v) is 4.32. The van der Waals surface area contributed by atoms with Crippen molar-refractivity contribution in [2.75, 3.05) is 6.26 Å². The van der Waals surface area contributed by atoms with Crippen LogP contribution in [0.25, 0.3) is 5.70 Å². The first-order valence-electron chi connectivity index (χ1n) is 8.91. The van der Waals surface area contributed by atoms with Crippen molar-refractivity contribution in [2.24, 2.45) is 0 Å². The molecule has 29 heavy (non-hydrogen) atoms. The quantitative estimate of drug-likeness (QED) is 0.439. The van der Waals surface area contributed by atoms with Crippen molar-refractivity contribution < 1.29 is 13.2 Å². The molecule has 2 heterocycles. The van der Waals surface area contributed by atoms with Crippen LogP contribution in [0.1, 0.15) is 30.8 Å². The maximum atomic E-state index is 12.4. The summed E-state index contributed by atoms with van der Waals surface area (Å²) in [7, 11) is 0. The molecule has 0 atom stereocenters. The van der Waals surface area contributed by atoms with Gasteiger partial charge in [-0.1, -0.05) is 45.0 Å². The van der Waals surface area contributed by atoms with Gasteiger partial charge in [-0.15, -0.1) is 0 Å². The van der Waals surface area contributed by atoms with Crippen LogP contribution in [0.5, 0.6) is 0 Å². The number of rotatable bonds is 9. The Balaban J connectivity index is 0.00000204. The largest absolute Gasteiger partial charge is 0.432 e. The first kappa shape index (κ1) is 24.5. The first-order chi connectivity index (χ1) is 13.8. The van der Waals surface area contributed by atoms with Gasteiger partial charge in [0.25, 0.3) is 0 Å². The lowest BCUT2D eigenvalue weighted by molar-refractivity contribution is -0.0970. The number of hydrogen-bond donors (Lipinski definition) is 2. The summed E-state index contributed by atoms with van der Waals surface area (Å²) < 4.78 is 39.3. The zero-order chi connectivity index (χ0) is 21.9. The fraction of sp³-hybridized carbons (Fsp3) is 0.300. The number of allylic oxidation sites excluding steroid dienone is 1. The topological polar surface area (TPSA) is 53.1 Å². The third kappa shape index (κ3) is 8.57. The molecule has 0 fully saturated rings. The molecule has 158 valence electrons. The molecule has 0 amide bonds. The van der Waals surface area contributed by atoms with Gasteiger partial charge in [0, 0.05) is 18.0 Å². The highest BCUT2D eigenvalue weighted by atomic mass is 32.2. The van der Waals surface area contributed by atoms with Crippen LogP contribution in [0.15, 0.2) is 61.6 Å². The molecule has 0 bridgehead atoms. The van der Waals surface area contributed by atoms with Crippen LogP contribution in [-0.4, -0.2) is 26.7 Å². The van der Waals surface area contributed by atoms with Crippen LogP contribution in [0, 0.1) is 0 Å². The van der Waals surface area contributed by atoms with Gasteiger partial charge in [0.2, 0.25) is 0 Å². The van der Waals surface area contributed by atoms with Crippen molar-refractivity contribution in [1.82, 2.24) is 25.1 Å². The lowest BCUT2D eigenvalue weighted by Gasteiger charge is -2.19. The number of nitrogens with one attached hydrogen (secondary N) is 2. The molecule has 0 aromatic carbocycles. The van der Waals surface area contributed by atoms with Crippen molar-refractivity contribution in [3.05, 3.63) is 78.5 Å². The summed E-state index contributed by atoms with van der Waals surface area (Å²) in [6.07, 6.45) is 0.759. The van der Waals surface area contributed by atoms with Gasteiger partial charge in [0.1, 0.15) is 5.70 Å². The second-order valence-corrected chi connectivity index (χ2v) is 6.43. The van der Waals surface area contributed by atoms with Crippen molar-refractivity contribution >= 4 is 17.6 Å². The summed E-state index contributed by atoms with van der Waals surface area (Å²) in [4.78, 5) is 8.66. The molecular formula is C20H26F3N5S. The molecule has 0 aliphatic carbocycles. The first-order valence-corrected chi connectivity index (χ1v) is 10.1. The molecule has 0 spiro atoms. The van der Waals surface area contributed by atoms with E-state index in [1.165, 1.54) is 0 Å². The Morgan fingerprint density at radius 3 is 2.17 bits per heavy atom. The van der Waals surface area contributed by atoms with Gasteiger partial charge in [0.15, 0.2) is 0 Å². The Morgan fingerprint density at radius 1 is 1.03 bits per heavy atom. The van der Waals surface area contributed by atoms with E-state index >= 15 is 0 Å². The molecule has 5 nitrogen and oxygen atoms in total. The molecule has 2 rings (SSSR count). The van der Waals surface area contributed by atoms with Gasteiger partial charge < -0.3 is 5.43 Å². The summed E-state index contributed by atoms with van der Waals surface area (Å²) in [6.45, 7) is 11.9. The molecule has 0 saturated carbocycles. The van der Waals surface area contributed by atoms with E-state index in [1.54, 1.807) is 30.4 Å². The standard InChI is InChI=1S/C18H20F3N5S.C2H6/c1-13(24-25-14(2)18(19,20)21)15-7-8-17(23-10-15)12-26(27-3)11-16-6-4-5-9-22-16;1-2/h4-10,24-25H,1-2,11-12H2,3H3;1-2H3. The average Bonchev–Trinajstić information content (AvgIpc) is 2.73. The molecule has 2 N–H and O–H groups in total. The van der Waals surface area contributed by atoms with E-state index in [0.717, 1.165) is 11.4 Å². The Bertz CT molecular complexity index is 764. The highest BCUT2D eigenvalue weighted by Gasteiger charge is 2.32. The van der Waals surface area contributed by atoms with Crippen LogP contribution < -0.4 is 10.9 Å². The maximum Gasteiger partial charge on any atom is 0.432 e. The minimum atomic E-state index is -4.52. The van der Waals surface area contributed by atoms with E-state index in [2.05, 4.69) is 32.9 Å². The highest BCUT2D eigenvalue weighted by molar-refractivity contribution is 7.96. The van der Waals surface area contributed by atoms with E-state index < -0.39 is 11.9 Å². The monoisotopic (exact) mass is 425 g/mol. The minimum Gasteiger partial charge on any atom is -0.301 e. The van der Waals surface area contributed by atoms with Crippen LogP contribution in [0.4, 0.5) is 13.2 Å². The van der Waals surface area contributed by atoms with E-state index in [1.807, 2.05) is 49.8 Å². The van der Waals surface area contributed by atoms with E-state index in [-0.39, 0.29) is 5.70 Å². The van der Waals surface area contributed by atoms with Crippen molar-refractivity contribution in [2.45, 2.75) is 33.1 Å². The normalized spacial score (nSPS) is 10.7. The van der Waals surface area contributed by atoms with Crippen LogP contribution >= 0.6 is 11.9 Å². The lowest BCUT2D eigenvalue weighted by atomic mass is 10.2. The van der Waals surface area contributed by atoms with Gasteiger partial charge in [-0.3, -0.25) is 15.4 Å². The molecule has 0 radical (unpaired) electrons. The molecule has 2 aromatic heterocycles. The third-order valence-electron chi connectivity index (χ3n) is 3.54. The Morgan fingerprint density at radius 2 is 1.69 bits per heavy atom. The number of hydrogen-bond acceptors (Lipinski definition) is 6. The van der Waals surface area contributed by atoms with Gasteiger partial charge in [-0.05, 0) is 30.5 Å². The number of halogens is 3. The second kappa shape index (κ2) is 12.1. The summed E-state index contributed by atoms with van der Waals surface area (Å²) >= 11 is 1.58. The zero-order valence-corrected chi connectivity index (χ0v) is 17.6. The van der Waals surface area contributed by atoms with Gasteiger partial charge in [-0.25, -0.2) is 4.31 Å². The van der Waals surface area contributed by atoms with E-state index in [9.17, 15) is 13.2 Å². The predicted octanol–water partition coefficient (Wildman–Crippen LogP) is 4.92. The molecule has 0 unspecified atom stereocenters. The Kier molecular flexibility index (Phi) is 10.3. The van der Waals surface area contributed by atoms with Crippen molar-refractivity contribution in [3.63, 3.8) is 0 Å². The van der Waals surface area contributed by atoms with Crippen LogP contribution in [0.2, 0.25) is 0 Å². The van der Waals surface area contributed by atoms with Crippen LogP contribution in [0.3, 0.4) is 0 Å². The molecular weight excluding hydrogens is 399 g/mol. The summed E-state index contributed by atoms with van der Waals surface area (Å²) in [6, 6.07) is 9.32. The lowest BCUT2D eigenvalue weighted by Crippen LogP contribution is -2.35. The van der Waals surface area contributed by atoms with Crippen molar-refractivity contribution in [1.29, 1.82) is 0 Å². The number of hydrazine groups is 1. The Labute approximate surface area is 174 Å². The smallest absolute Gasteiger partial charge is 0.301 e. The second-order valence-electron chi connectivity index (χ2n) is 5.54. The minimum absolute atomic E-state index is 0.259. The van der Waals surface area contributed by atoms with Gasteiger partial charge in [0.05, 0.1) is 30.2 Å². The molecule has 0 aliphatic rings. The van der Waals surface area contributed by atoms with Crippen molar-refractivity contribution in [3.8, 4) is 0 Å². The number of alkyl halides is 3. The summed E-state index contributed by atoms with van der Waals surface area (Å²) in [5.74, 6) is 0. The molecule has 2 aromatic rings. The zero-order valence-electron chi connectivity index (χ0n) is 16.8. The number of nitrogens with zero attached hydrogens (tertiary/aromatic N) is 3. The average molecular weight is 426 g/mol. The fourth-order valence-electron chi connectivity index (χ4n) is 2.03. The number of pyridine rings is 2. The fourth-order valence-corrected chi connectivity index (χ4v) is 2.55. The maximum absolute atomic E-state index is 12.4. The van der Waals surface area contributed by atoms with E-state index in [0.29, 0.717) is 18.7 Å². The van der Waals surface area contributed by atoms with E-state index in [4.69, 9.17) is 0 Å². The van der Waals surface area contributed by atoms with Gasteiger partial charge >= 0.3 is 6.18 Å². The molecule has 0 aliphatic heterocycles. The van der Waals surface area contributed by atoms with Crippen LogP contribution in [-0.2, 0) is 13.1 Å². The van der Waals surface area contributed by atoms with Gasteiger partial charge in [-0.2, -0.15) is 13.2 Å². The predicted molar refractivity (Wildman–Crippen MR) is 113 cm³/mol. The Hall–Kier alpha value is -2.52. The number of aromatic nitrogens is 2. The molecule has 0 saturated heterocycles. The SMILES string of the molecule is C=C(NNC(=C)C(F)(F)F)c1ccc(CN(Cc2ccccn2)SC)nc1.CC. The molecule has 9 heteroatoms. The highest BCUT2D eigenvalue weighted by Crippen LogP contribution is 2.21.